The van der Waals surface area contributed by atoms with Gasteiger partial charge in [0.25, 0.3) is 0 Å². The van der Waals surface area contributed by atoms with Crippen LogP contribution in [0.5, 0.6) is 0 Å². The van der Waals surface area contributed by atoms with Crippen LogP contribution < -0.4 is 5.32 Å². The summed E-state index contributed by atoms with van der Waals surface area (Å²) >= 11 is 0. The largest absolute Gasteiger partial charge is 0.394 e. The highest BCUT2D eigenvalue weighted by Crippen LogP contribution is 2.33. The maximum absolute atomic E-state index is 13.3. The third-order valence-corrected chi connectivity index (χ3v) is 16.8. The van der Waals surface area contributed by atoms with E-state index in [1.807, 2.05) is 0 Å². The predicted molar refractivity (Wildman–Crippen MR) is 319 cm³/mol. The number of carbonyl (C=O) groups is 1. The smallest absolute Gasteiger partial charge is 0.220 e. The first-order valence-corrected chi connectivity index (χ1v) is 33.1. The summed E-state index contributed by atoms with van der Waals surface area (Å²) in [5.41, 5.74) is 0. The Hall–Kier alpha value is -1.73. The molecule has 1 amide bonds. The summed E-state index contributed by atoms with van der Waals surface area (Å²) in [5.74, 6) is -0.247. The minimum Gasteiger partial charge on any atom is -0.394 e. The number of allylic oxidation sites excluding steroid dienone is 4. The molecule has 19 heteroatoms. The molecule has 0 aromatic rings. The second-order valence-corrected chi connectivity index (χ2v) is 23.9. The van der Waals surface area contributed by atoms with Crippen molar-refractivity contribution in [2.45, 2.75) is 349 Å². The van der Waals surface area contributed by atoms with Crippen LogP contribution in [0.3, 0.4) is 0 Å². The summed E-state index contributed by atoms with van der Waals surface area (Å²) in [6, 6.07) is -0.880. The number of carbonyl (C=O) groups excluding carboxylic acids is 1. The molecule has 83 heavy (non-hydrogen) atoms. The van der Waals surface area contributed by atoms with E-state index in [1.54, 1.807) is 0 Å². The Morgan fingerprint density at radius 2 is 0.795 bits per heavy atom. The van der Waals surface area contributed by atoms with Crippen LogP contribution in [0.4, 0.5) is 0 Å². The standard InChI is InChI=1S/C64H119NO18/c1-3-5-7-9-10-11-12-13-14-15-16-17-18-19-20-21-22-23-24-25-26-27-28-29-30-31-32-33-34-35-36-38-40-42-52(70)65-47(48(69)41-39-37-8-6-4-2)46-78-62-58(76)55(73)60(50(44-67)80-62)83-64-59(77)56(74)61(51(45-68)81-64)82-63-57(75)54(72)53(71)49(43-66)79-63/h12-13,15-16,47-51,53-64,66-69,71-77H,3-11,14,17-46H2,1-2H3,(H,65,70)/b13-12-,16-15-. The van der Waals surface area contributed by atoms with E-state index < -0.39 is 124 Å². The first kappa shape index (κ1) is 75.5. The Bertz CT molecular complexity index is 1610. The number of amides is 1. The van der Waals surface area contributed by atoms with Gasteiger partial charge < -0.3 is 89.9 Å². The van der Waals surface area contributed by atoms with Crippen LogP contribution in [0.25, 0.3) is 0 Å². The van der Waals surface area contributed by atoms with E-state index in [1.165, 1.54) is 154 Å². The number of hydrogen-bond acceptors (Lipinski definition) is 18. The van der Waals surface area contributed by atoms with Gasteiger partial charge in [-0.1, -0.05) is 218 Å². The monoisotopic (exact) mass is 1190 g/mol. The quantitative estimate of drug-likeness (QED) is 0.0207. The van der Waals surface area contributed by atoms with Crippen LogP contribution in [0.2, 0.25) is 0 Å². The van der Waals surface area contributed by atoms with Gasteiger partial charge in [-0.05, 0) is 44.9 Å². The third-order valence-electron chi connectivity index (χ3n) is 16.8. The van der Waals surface area contributed by atoms with Gasteiger partial charge in [0.1, 0.15) is 73.2 Å². The van der Waals surface area contributed by atoms with Crippen LogP contribution in [0.1, 0.15) is 245 Å². The number of hydrogen-bond donors (Lipinski definition) is 12. The molecule has 19 nitrogen and oxygen atoms in total. The molecule has 3 saturated heterocycles. The summed E-state index contributed by atoms with van der Waals surface area (Å²) in [7, 11) is 0. The topological polar surface area (TPSA) is 307 Å². The molecule has 3 fully saturated rings. The molecule has 0 radical (unpaired) electrons. The van der Waals surface area contributed by atoms with Gasteiger partial charge in [0.2, 0.25) is 5.91 Å². The van der Waals surface area contributed by atoms with Crippen molar-refractivity contribution in [2.75, 3.05) is 26.4 Å². The van der Waals surface area contributed by atoms with E-state index >= 15 is 0 Å². The first-order chi connectivity index (χ1) is 40.3. The lowest BCUT2D eigenvalue weighted by Gasteiger charge is -2.48. The number of ether oxygens (including phenoxy) is 6. The number of rotatable bonds is 50. The molecule has 0 aromatic heterocycles. The van der Waals surface area contributed by atoms with E-state index in [9.17, 15) is 61.0 Å². The molecule has 3 aliphatic heterocycles. The zero-order valence-electron chi connectivity index (χ0n) is 51.2. The molecule has 488 valence electrons. The van der Waals surface area contributed by atoms with Gasteiger partial charge in [0.15, 0.2) is 18.9 Å². The van der Waals surface area contributed by atoms with Crippen molar-refractivity contribution in [3.63, 3.8) is 0 Å². The van der Waals surface area contributed by atoms with E-state index in [0.29, 0.717) is 12.8 Å². The van der Waals surface area contributed by atoms with Crippen molar-refractivity contribution >= 4 is 5.91 Å². The van der Waals surface area contributed by atoms with Crippen LogP contribution in [0, 0.1) is 0 Å². The highest BCUT2D eigenvalue weighted by Gasteiger charge is 2.53. The minimum absolute atomic E-state index is 0.247. The van der Waals surface area contributed by atoms with Gasteiger partial charge in [-0.25, -0.2) is 0 Å². The van der Waals surface area contributed by atoms with Gasteiger partial charge in [0.05, 0.1) is 38.6 Å². The van der Waals surface area contributed by atoms with Crippen molar-refractivity contribution in [3.05, 3.63) is 24.3 Å². The van der Waals surface area contributed by atoms with Crippen LogP contribution in [-0.2, 0) is 33.2 Å². The molecular formula is C64H119NO18. The molecule has 3 heterocycles. The Balaban J connectivity index is 1.27. The van der Waals surface area contributed by atoms with Crippen LogP contribution in [-0.4, -0.2) is 193 Å². The average molecular weight is 1190 g/mol. The Morgan fingerprint density at radius 1 is 0.434 bits per heavy atom. The van der Waals surface area contributed by atoms with Crippen LogP contribution in [0.15, 0.2) is 24.3 Å². The Morgan fingerprint density at radius 3 is 1.23 bits per heavy atom. The summed E-state index contributed by atoms with van der Waals surface area (Å²) in [6.45, 7) is 1.68. The van der Waals surface area contributed by atoms with E-state index in [2.05, 4.69) is 43.5 Å². The molecule has 0 saturated carbocycles. The number of aliphatic hydroxyl groups is 11. The predicted octanol–water partition coefficient (Wildman–Crippen LogP) is 7.49. The van der Waals surface area contributed by atoms with E-state index in [-0.39, 0.29) is 18.9 Å². The van der Waals surface area contributed by atoms with Crippen molar-refractivity contribution in [1.82, 2.24) is 5.32 Å². The van der Waals surface area contributed by atoms with Crippen molar-refractivity contribution in [3.8, 4) is 0 Å². The fourth-order valence-electron chi connectivity index (χ4n) is 11.3. The van der Waals surface area contributed by atoms with Crippen LogP contribution >= 0.6 is 0 Å². The van der Waals surface area contributed by atoms with Gasteiger partial charge >= 0.3 is 0 Å². The number of aliphatic hydroxyl groups excluding tert-OH is 11. The normalized spacial score (nSPS) is 29.5. The molecule has 0 bridgehead atoms. The molecule has 3 rings (SSSR count). The molecule has 3 aliphatic rings. The highest BCUT2D eigenvalue weighted by atomic mass is 16.8. The van der Waals surface area contributed by atoms with E-state index in [0.717, 1.165) is 57.8 Å². The number of nitrogens with one attached hydrogen (secondary N) is 1. The number of unbranched alkanes of at least 4 members (excludes halogenated alkanes) is 30. The summed E-state index contributed by atoms with van der Waals surface area (Å²) < 4.78 is 34.2. The molecule has 0 aromatic carbocycles. The lowest BCUT2D eigenvalue weighted by Crippen LogP contribution is -2.66. The fraction of sp³-hybridized carbons (Fsp3) is 0.922. The lowest BCUT2D eigenvalue weighted by atomic mass is 9.96. The lowest BCUT2D eigenvalue weighted by molar-refractivity contribution is -0.379. The fourth-order valence-corrected chi connectivity index (χ4v) is 11.3. The van der Waals surface area contributed by atoms with Gasteiger partial charge in [-0.2, -0.15) is 0 Å². The average Bonchev–Trinajstić information content (AvgIpc) is 3.52. The zero-order valence-corrected chi connectivity index (χ0v) is 51.2. The maximum atomic E-state index is 13.3. The molecule has 17 unspecified atom stereocenters. The highest BCUT2D eigenvalue weighted by molar-refractivity contribution is 5.76. The molecular weight excluding hydrogens is 1070 g/mol. The van der Waals surface area contributed by atoms with Gasteiger partial charge in [-0.15, -0.1) is 0 Å². The molecule has 0 spiro atoms. The van der Waals surface area contributed by atoms with Gasteiger partial charge in [-0.3, -0.25) is 4.79 Å². The van der Waals surface area contributed by atoms with Crippen molar-refractivity contribution in [1.29, 1.82) is 0 Å². The van der Waals surface area contributed by atoms with Crippen molar-refractivity contribution < 1.29 is 89.4 Å². The van der Waals surface area contributed by atoms with Gasteiger partial charge in [0, 0.05) is 6.42 Å². The third kappa shape index (κ3) is 30.4. The Kier molecular flexibility index (Phi) is 43.0. The zero-order chi connectivity index (χ0) is 60.5. The summed E-state index contributed by atoms with van der Waals surface area (Å²) in [4.78, 5) is 13.3. The summed E-state index contributed by atoms with van der Waals surface area (Å²) in [6.07, 6.45) is 25.2. The second-order valence-electron chi connectivity index (χ2n) is 23.9. The molecule has 12 N–H and O–H groups in total. The van der Waals surface area contributed by atoms with Crippen molar-refractivity contribution in [2.24, 2.45) is 0 Å². The Labute approximate surface area is 498 Å². The first-order valence-electron chi connectivity index (χ1n) is 33.1. The summed E-state index contributed by atoms with van der Waals surface area (Å²) in [5, 5.41) is 120. The SMILES string of the molecule is CCCCCCC/C=C\C/C=C\CCCCCCCCCCCCCCCCCCCCCCCC(=O)NC(COC1OC(CO)C(OC2OC(CO)C(OC3OC(CO)C(O)C(O)C3O)C(O)C2O)C(O)C1O)C(O)CCCCCCC. The molecule has 17 atom stereocenters. The van der Waals surface area contributed by atoms with E-state index in [4.69, 9.17) is 28.4 Å². The second kappa shape index (κ2) is 47.3. The minimum atomic E-state index is -1.97. The maximum Gasteiger partial charge on any atom is 0.220 e. The molecule has 0 aliphatic carbocycles.